The van der Waals surface area contributed by atoms with Crippen LogP contribution in [-0.2, 0) is 65.6 Å². The number of carboxylic acids is 3. The van der Waals surface area contributed by atoms with E-state index in [0.29, 0.717) is 5.56 Å². The molecule has 0 radical (unpaired) electrons. The highest BCUT2D eigenvalue weighted by atomic mass is 16.4. The summed E-state index contributed by atoms with van der Waals surface area (Å²) in [5.41, 5.74) is 7.29. The van der Waals surface area contributed by atoms with E-state index in [1.54, 1.807) is 58.0 Å². The van der Waals surface area contributed by atoms with Crippen LogP contribution in [0.3, 0.4) is 0 Å². The van der Waals surface area contributed by atoms with E-state index in [9.17, 15) is 78.3 Å². The summed E-state index contributed by atoms with van der Waals surface area (Å²) in [7, 11) is 1.14. The van der Waals surface area contributed by atoms with Gasteiger partial charge in [0.2, 0.25) is 47.3 Å². The minimum atomic E-state index is -1.95. The van der Waals surface area contributed by atoms with Gasteiger partial charge in [-0.25, -0.2) is 4.79 Å². The fourth-order valence-corrected chi connectivity index (χ4v) is 7.18. The van der Waals surface area contributed by atoms with E-state index in [1.807, 2.05) is 0 Å². The van der Waals surface area contributed by atoms with Crippen molar-refractivity contribution in [1.29, 1.82) is 0 Å². The number of benzene rings is 2. The maximum Gasteiger partial charge on any atom is 0.326 e. The zero-order valence-corrected chi connectivity index (χ0v) is 42.6. The summed E-state index contributed by atoms with van der Waals surface area (Å²) in [5.74, 6) is -13.1. The summed E-state index contributed by atoms with van der Waals surface area (Å²) in [6, 6.07) is 0.753. The molecule has 0 aliphatic rings. The number of amides is 8. The lowest BCUT2D eigenvalue weighted by atomic mass is 10.00. The number of hydrogen-bond donors (Lipinski definition) is 13. The smallest absolute Gasteiger partial charge is 0.326 e. The number of nitrogens with zero attached hydrogens (tertiary/aromatic N) is 1. The number of aromatic hydroxyl groups is 1. The van der Waals surface area contributed by atoms with E-state index in [4.69, 9.17) is 5.73 Å². The van der Waals surface area contributed by atoms with Crippen molar-refractivity contribution >= 4 is 65.2 Å². The maximum atomic E-state index is 14.0. The predicted molar refractivity (Wildman–Crippen MR) is 264 cm³/mol. The van der Waals surface area contributed by atoms with Crippen molar-refractivity contribution in [3.05, 3.63) is 65.7 Å². The Hall–Kier alpha value is -7.67. The molecular weight excluding hydrogens is 971 g/mol. The molecule has 0 aromatic heterocycles. The highest BCUT2D eigenvalue weighted by Gasteiger charge is 2.38. The second-order valence-electron chi connectivity index (χ2n) is 18.7. The van der Waals surface area contributed by atoms with Crippen molar-refractivity contribution in [3.8, 4) is 5.75 Å². The van der Waals surface area contributed by atoms with Crippen LogP contribution in [0.15, 0.2) is 54.6 Å². The third-order valence-corrected chi connectivity index (χ3v) is 11.6. The summed E-state index contributed by atoms with van der Waals surface area (Å²) < 4.78 is 0. The van der Waals surface area contributed by atoms with Gasteiger partial charge >= 0.3 is 17.9 Å². The highest BCUT2D eigenvalue weighted by molar-refractivity contribution is 5.99. The lowest BCUT2D eigenvalue weighted by Crippen LogP contribution is -2.61. The summed E-state index contributed by atoms with van der Waals surface area (Å²) in [5, 5.41) is 65.7. The average Bonchev–Trinajstić information content (AvgIpc) is 3.32. The quantitative estimate of drug-likeness (QED) is 0.0414. The van der Waals surface area contributed by atoms with Crippen molar-refractivity contribution in [1.82, 2.24) is 42.1 Å². The number of aliphatic hydroxyl groups is 1. The van der Waals surface area contributed by atoms with Crippen molar-refractivity contribution < 1.29 is 78.3 Å². The molecule has 2 aromatic rings. The fourth-order valence-electron chi connectivity index (χ4n) is 7.18. The number of hydrogen-bond acceptors (Lipinski definition) is 14. The van der Waals surface area contributed by atoms with E-state index in [1.165, 1.54) is 31.2 Å². The monoisotopic (exact) mass is 1040 g/mol. The summed E-state index contributed by atoms with van der Waals surface area (Å²) in [4.78, 5) is 145. The van der Waals surface area contributed by atoms with Gasteiger partial charge in [-0.15, -0.1) is 0 Å². The second kappa shape index (κ2) is 29.7. The molecule has 0 fully saturated rings. The van der Waals surface area contributed by atoms with Crippen LogP contribution in [0.25, 0.3) is 0 Å². The lowest BCUT2D eigenvalue weighted by molar-refractivity contribution is -0.147. The second-order valence-corrected chi connectivity index (χ2v) is 18.7. The number of nitrogens with two attached hydrogens (primary N) is 1. The Morgan fingerprint density at radius 1 is 0.554 bits per heavy atom. The predicted octanol–water partition coefficient (Wildman–Crippen LogP) is -1.73. The van der Waals surface area contributed by atoms with E-state index >= 15 is 0 Å². The number of phenolic OH excluding ortho intramolecular Hbond substituents is 1. The molecule has 0 aliphatic heterocycles. The molecule has 10 atom stereocenters. The summed E-state index contributed by atoms with van der Waals surface area (Å²) in [6.45, 7) is 10.1. The number of phenols is 1. The molecule has 8 amide bonds. The number of carbonyl (C=O) groups excluding carboxylic acids is 8. The van der Waals surface area contributed by atoms with Crippen LogP contribution >= 0.6 is 0 Å². The molecule has 25 heteroatoms. The molecule has 408 valence electrons. The first-order valence-electron chi connectivity index (χ1n) is 23.8. The standard InChI is InChI=1S/C49H71N9O16/c1-24(2)20-34(54-43(67)32(50)21-29-12-10-9-11-13-29)46(70)52-33(18-19-37(61)62)44(68)55-35(22-30-14-16-31(60)17-15-30)45(69)51-26(5)41(65)53-36(23-38(63)64)47(71)57-40(28(7)59)48(72)58(8)27(6)42(66)56-39(25(3)4)49(73)74/h9-17,24-28,32-36,39-40,59-60H,18-23,50H2,1-8H3,(H,51,69)(H,52,70)(H,53,65)(H,54,67)(H,55,68)(H,56,66)(H,57,71)(H,61,62)(H,63,64)(H,73,74). The van der Waals surface area contributed by atoms with Gasteiger partial charge in [-0.1, -0.05) is 70.2 Å². The van der Waals surface area contributed by atoms with Gasteiger partial charge in [0.1, 0.15) is 54.1 Å². The largest absolute Gasteiger partial charge is 0.508 e. The van der Waals surface area contributed by atoms with Gasteiger partial charge in [-0.3, -0.25) is 47.9 Å². The summed E-state index contributed by atoms with van der Waals surface area (Å²) >= 11 is 0. The minimum absolute atomic E-state index is 0.0796. The topological polar surface area (TPSA) is 402 Å². The molecule has 2 rings (SSSR count). The van der Waals surface area contributed by atoms with Gasteiger partial charge in [-0.2, -0.15) is 0 Å². The van der Waals surface area contributed by atoms with Gasteiger partial charge in [0.15, 0.2) is 0 Å². The van der Waals surface area contributed by atoms with Crippen LogP contribution in [0.2, 0.25) is 0 Å². The first kappa shape index (κ1) is 62.4. The molecule has 2 aromatic carbocycles. The van der Waals surface area contributed by atoms with Gasteiger partial charge in [0, 0.05) is 19.9 Å². The Morgan fingerprint density at radius 2 is 1.05 bits per heavy atom. The Labute approximate surface area is 428 Å². The van der Waals surface area contributed by atoms with Crippen LogP contribution in [0.1, 0.15) is 85.3 Å². The van der Waals surface area contributed by atoms with Gasteiger partial charge in [0.25, 0.3) is 0 Å². The lowest BCUT2D eigenvalue weighted by Gasteiger charge is -2.31. The number of aliphatic carboxylic acids is 3. The molecule has 0 aliphatic carbocycles. The van der Waals surface area contributed by atoms with Crippen molar-refractivity contribution in [2.45, 2.75) is 147 Å². The minimum Gasteiger partial charge on any atom is -0.508 e. The number of carbonyl (C=O) groups is 11. The Balaban J connectivity index is 2.36. The number of nitrogens with one attached hydrogen (secondary N) is 7. The molecule has 0 saturated heterocycles. The van der Waals surface area contributed by atoms with E-state index in [2.05, 4.69) is 37.2 Å². The first-order valence-corrected chi connectivity index (χ1v) is 23.8. The molecule has 25 nitrogen and oxygen atoms in total. The molecule has 0 heterocycles. The van der Waals surface area contributed by atoms with Crippen LogP contribution in [0.5, 0.6) is 5.75 Å². The SMILES string of the molecule is CC(C)CC(NC(=O)C(N)Cc1ccccc1)C(=O)NC(CCC(=O)O)C(=O)NC(Cc1ccc(O)cc1)C(=O)NC(C)C(=O)NC(CC(=O)O)C(=O)NC(C(=O)N(C)C(C)C(=O)NC(C(=O)O)C(C)C)C(C)O. The molecular formula is C49H71N9O16. The number of carboxylic acid groups (broad SMARTS) is 3. The number of aliphatic hydroxyl groups excluding tert-OH is 1. The maximum absolute atomic E-state index is 14.0. The van der Waals surface area contributed by atoms with E-state index in [0.717, 1.165) is 31.4 Å². The Kier molecular flexibility index (Phi) is 25.1. The van der Waals surface area contributed by atoms with Gasteiger partial charge in [-0.05, 0) is 75.1 Å². The van der Waals surface area contributed by atoms with Crippen LogP contribution < -0.4 is 43.0 Å². The summed E-state index contributed by atoms with van der Waals surface area (Å²) in [6.07, 6.45) is -3.96. The highest BCUT2D eigenvalue weighted by Crippen LogP contribution is 2.14. The molecule has 0 spiro atoms. The molecule has 0 saturated carbocycles. The molecule has 10 unspecified atom stereocenters. The third kappa shape index (κ3) is 20.8. The fraction of sp³-hybridized carbons (Fsp3) is 0.531. The Morgan fingerprint density at radius 3 is 1.58 bits per heavy atom. The first-order chi connectivity index (χ1) is 34.5. The van der Waals surface area contributed by atoms with Crippen molar-refractivity contribution in [2.24, 2.45) is 17.6 Å². The molecule has 0 bridgehead atoms. The average molecular weight is 1040 g/mol. The Bertz CT molecular complexity index is 2300. The van der Waals surface area contributed by atoms with Gasteiger partial charge in [0.05, 0.1) is 18.6 Å². The normalized spacial score (nSPS) is 15.2. The van der Waals surface area contributed by atoms with Crippen molar-refractivity contribution in [3.63, 3.8) is 0 Å². The molecule has 14 N–H and O–H groups in total. The zero-order valence-electron chi connectivity index (χ0n) is 42.6. The zero-order chi connectivity index (χ0) is 56.1. The third-order valence-electron chi connectivity index (χ3n) is 11.6. The van der Waals surface area contributed by atoms with Crippen LogP contribution in [-0.4, -0.2) is 163 Å². The number of rotatable bonds is 30. The van der Waals surface area contributed by atoms with Crippen LogP contribution in [0.4, 0.5) is 0 Å². The number of likely N-dealkylation sites (N-methyl/N-ethyl adjacent to an activating group) is 1. The van der Waals surface area contributed by atoms with Gasteiger partial charge < -0.3 is 73.4 Å². The van der Waals surface area contributed by atoms with Crippen molar-refractivity contribution in [2.75, 3.05) is 7.05 Å². The van der Waals surface area contributed by atoms with E-state index < -0.39 is 151 Å². The van der Waals surface area contributed by atoms with Crippen LogP contribution in [0, 0.1) is 11.8 Å². The van der Waals surface area contributed by atoms with E-state index in [-0.39, 0.29) is 30.9 Å². The molecule has 74 heavy (non-hydrogen) atoms.